The van der Waals surface area contributed by atoms with Crippen LogP contribution in [0.15, 0.2) is 120 Å². The van der Waals surface area contributed by atoms with Crippen LogP contribution in [0.1, 0.15) is 50.1 Å². The van der Waals surface area contributed by atoms with Crippen molar-refractivity contribution in [2.45, 2.75) is 30.4 Å². The zero-order chi connectivity index (χ0) is 37.9. The number of para-hydroxylation sites is 1. The summed E-state index contributed by atoms with van der Waals surface area (Å²) in [4.78, 5) is 56.4. The number of thioether (sulfide) groups is 1. The van der Waals surface area contributed by atoms with Crippen molar-refractivity contribution in [3.63, 3.8) is 0 Å². The number of nitriles is 1. The predicted molar refractivity (Wildman–Crippen MR) is 214 cm³/mol. The molecule has 0 spiro atoms. The number of carbonyl (C=O) groups excluding carboxylic acids is 4. The van der Waals surface area contributed by atoms with Crippen LogP contribution in [0.5, 0.6) is 0 Å². The highest BCUT2D eigenvalue weighted by Crippen LogP contribution is 2.35. The van der Waals surface area contributed by atoms with Gasteiger partial charge in [0.05, 0.1) is 15.7 Å². The van der Waals surface area contributed by atoms with Crippen LogP contribution in [0.3, 0.4) is 0 Å². The fraction of sp³-hybridized carbons (Fsp3) is 0.146. The zero-order valence-corrected chi connectivity index (χ0v) is 31.2. The molecule has 0 radical (unpaired) electrons. The average Bonchev–Trinajstić information content (AvgIpc) is 3.48. The van der Waals surface area contributed by atoms with Gasteiger partial charge in [-0.1, -0.05) is 61.5 Å². The highest BCUT2D eigenvalue weighted by atomic mass is 32.2. The molecule has 0 saturated carbocycles. The van der Waals surface area contributed by atoms with Crippen molar-refractivity contribution < 1.29 is 19.2 Å². The van der Waals surface area contributed by atoms with Gasteiger partial charge in [0.2, 0.25) is 5.91 Å². The lowest BCUT2D eigenvalue weighted by atomic mass is 10.1. The molecule has 1 heterocycles. The first-order valence-corrected chi connectivity index (χ1v) is 18.4. The van der Waals surface area contributed by atoms with Gasteiger partial charge in [-0.15, -0.1) is 23.1 Å². The molecule has 0 fully saturated rings. The van der Waals surface area contributed by atoms with Crippen molar-refractivity contribution in [3.8, 4) is 6.07 Å². The molecule has 0 saturated heterocycles. The largest absolute Gasteiger partial charge is 0.378 e. The number of rotatable bonds is 13. The van der Waals surface area contributed by atoms with Crippen LogP contribution in [0, 0.1) is 18.3 Å². The van der Waals surface area contributed by atoms with E-state index >= 15 is 0 Å². The molecule has 1 unspecified atom stereocenters. The monoisotopic (exact) mass is 742 g/mol. The third-order valence-corrected chi connectivity index (χ3v) is 10.6. The molecule has 1 atom stereocenters. The van der Waals surface area contributed by atoms with E-state index in [2.05, 4.69) is 27.3 Å². The fourth-order valence-electron chi connectivity index (χ4n) is 5.16. The number of hydrogen-bond acceptors (Lipinski definition) is 8. The van der Waals surface area contributed by atoms with E-state index in [4.69, 9.17) is 0 Å². The van der Waals surface area contributed by atoms with E-state index in [-0.39, 0.29) is 23.1 Å². The molecule has 53 heavy (non-hydrogen) atoms. The molecule has 1 aromatic heterocycles. The Bertz CT molecular complexity index is 2180. The highest BCUT2D eigenvalue weighted by molar-refractivity contribution is 8.00. The lowest BCUT2D eigenvalue weighted by Gasteiger charge is -2.16. The van der Waals surface area contributed by atoms with E-state index in [9.17, 15) is 24.4 Å². The molecule has 5 aromatic rings. The number of anilines is 4. The quantitative estimate of drug-likeness (QED) is 0.0704. The van der Waals surface area contributed by atoms with E-state index in [1.165, 1.54) is 11.8 Å². The normalized spacial score (nSPS) is 11.5. The molecular formula is C41H38N6O4S2. The van der Waals surface area contributed by atoms with Crippen molar-refractivity contribution in [1.82, 2.24) is 5.32 Å². The van der Waals surface area contributed by atoms with Gasteiger partial charge in [-0.3, -0.25) is 19.2 Å². The van der Waals surface area contributed by atoms with Crippen molar-refractivity contribution in [2.75, 3.05) is 34.9 Å². The summed E-state index contributed by atoms with van der Waals surface area (Å²) in [5.74, 6) is -1.64. The van der Waals surface area contributed by atoms with Crippen molar-refractivity contribution >= 4 is 74.9 Å². The second kappa shape index (κ2) is 17.9. The Kier molecular flexibility index (Phi) is 12.8. The molecule has 268 valence electrons. The maximum atomic E-state index is 13.7. The molecule has 0 aliphatic carbocycles. The van der Waals surface area contributed by atoms with Gasteiger partial charge < -0.3 is 26.2 Å². The second-order valence-electron chi connectivity index (χ2n) is 12.0. The van der Waals surface area contributed by atoms with Crippen LogP contribution in [-0.4, -0.2) is 43.0 Å². The molecule has 4 N–H and O–H groups in total. The minimum atomic E-state index is -0.553. The molecule has 0 bridgehead atoms. The summed E-state index contributed by atoms with van der Waals surface area (Å²) < 4.78 is 0. The van der Waals surface area contributed by atoms with E-state index in [0.29, 0.717) is 43.7 Å². The van der Waals surface area contributed by atoms with Crippen LogP contribution in [0.25, 0.3) is 6.08 Å². The average molecular weight is 743 g/mol. The highest BCUT2D eigenvalue weighted by Gasteiger charge is 2.25. The van der Waals surface area contributed by atoms with Gasteiger partial charge in [0, 0.05) is 41.6 Å². The maximum Gasteiger partial charge on any atom is 0.272 e. The first-order valence-electron chi connectivity index (χ1n) is 16.7. The Hall–Kier alpha value is -6.16. The molecule has 4 amide bonds. The van der Waals surface area contributed by atoms with Crippen LogP contribution in [0.4, 0.5) is 22.1 Å². The Morgan fingerprint density at radius 3 is 2.13 bits per heavy atom. The number of amides is 4. The fourth-order valence-corrected chi connectivity index (χ4v) is 7.23. The van der Waals surface area contributed by atoms with Crippen LogP contribution < -0.4 is 26.2 Å². The standard InChI is InChI=1S/C41H38N6O4S2/c1-5-35(39(50)46-41-33(25-42)26(2)36(53-41)40(51)43-29-15-10-7-11-16-29)52-32-18-12-17-30(24-32)44-38(49)34(45-37(48)28-13-8-6-9-14-28)23-27-19-21-31(22-20-27)47(3)4/h6-24,35H,5H2,1-4H3,(H,43,51)(H,44,49)(H,45,48)(H,46,50)/b34-23+. The third kappa shape index (κ3) is 10.0. The number of nitrogens with one attached hydrogen (secondary N) is 4. The number of thiophene rings is 1. The van der Waals surface area contributed by atoms with Crippen LogP contribution in [-0.2, 0) is 9.59 Å². The summed E-state index contributed by atoms with van der Waals surface area (Å²) in [5.41, 5.74) is 3.98. The van der Waals surface area contributed by atoms with E-state index in [1.807, 2.05) is 74.4 Å². The molecule has 4 aromatic carbocycles. The second-order valence-corrected chi connectivity index (χ2v) is 14.3. The Labute approximate surface area is 316 Å². The van der Waals surface area contributed by atoms with Gasteiger partial charge in [-0.2, -0.15) is 5.26 Å². The van der Waals surface area contributed by atoms with Gasteiger partial charge in [0.25, 0.3) is 17.7 Å². The van der Waals surface area contributed by atoms with Gasteiger partial charge in [0.1, 0.15) is 16.8 Å². The summed E-state index contributed by atoms with van der Waals surface area (Å²) >= 11 is 2.36. The topological polar surface area (TPSA) is 143 Å². The van der Waals surface area contributed by atoms with Crippen molar-refractivity contribution in [3.05, 3.63) is 142 Å². The number of benzene rings is 4. The molecule has 5 rings (SSSR count). The van der Waals surface area contributed by atoms with E-state index in [0.717, 1.165) is 22.6 Å². The first-order chi connectivity index (χ1) is 25.6. The van der Waals surface area contributed by atoms with Gasteiger partial charge in [-0.05, 0) is 85.1 Å². The van der Waals surface area contributed by atoms with Gasteiger partial charge in [-0.25, -0.2) is 0 Å². The molecule has 0 aliphatic heterocycles. The van der Waals surface area contributed by atoms with Crippen LogP contribution in [0.2, 0.25) is 0 Å². The molecule has 0 aliphatic rings. The summed E-state index contributed by atoms with van der Waals surface area (Å²) in [5, 5.41) is 21.0. The number of carbonyl (C=O) groups is 4. The third-order valence-electron chi connectivity index (χ3n) is 8.02. The van der Waals surface area contributed by atoms with E-state index < -0.39 is 17.1 Å². The van der Waals surface area contributed by atoms with E-state index in [1.54, 1.807) is 73.7 Å². The summed E-state index contributed by atoms with van der Waals surface area (Å²) in [7, 11) is 3.87. The number of hydrogen-bond donors (Lipinski definition) is 4. The van der Waals surface area contributed by atoms with Crippen molar-refractivity contribution in [2.24, 2.45) is 0 Å². The number of nitrogens with zero attached hydrogens (tertiary/aromatic N) is 2. The van der Waals surface area contributed by atoms with Gasteiger partial charge in [0.15, 0.2) is 0 Å². The SMILES string of the molecule is CCC(Sc1cccc(NC(=O)/C(=C\c2ccc(N(C)C)cc2)NC(=O)c2ccccc2)c1)C(=O)Nc1sc(C(=O)Nc2ccccc2)c(C)c1C#N. The maximum absolute atomic E-state index is 13.7. The molecule has 10 nitrogen and oxygen atoms in total. The summed E-state index contributed by atoms with van der Waals surface area (Å²) in [6.45, 7) is 3.56. The molecular weight excluding hydrogens is 705 g/mol. The lowest BCUT2D eigenvalue weighted by Crippen LogP contribution is -2.30. The minimum absolute atomic E-state index is 0.0525. The predicted octanol–water partition coefficient (Wildman–Crippen LogP) is 8.17. The Morgan fingerprint density at radius 2 is 1.49 bits per heavy atom. The minimum Gasteiger partial charge on any atom is -0.378 e. The lowest BCUT2D eigenvalue weighted by molar-refractivity contribution is -0.116. The summed E-state index contributed by atoms with van der Waals surface area (Å²) in [6, 6.07) is 34.4. The zero-order valence-electron chi connectivity index (χ0n) is 29.6. The smallest absolute Gasteiger partial charge is 0.272 e. The van der Waals surface area contributed by atoms with Crippen LogP contribution >= 0.6 is 23.1 Å². The van der Waals surface area contributed by atoms with Crippen molar-refractivity contribution in [1.29, 1.82) is 5.26 Å². The Balaban J connectivity index is 1.30. The van der Waals surface area contributed by atoms with Gasteiger partial charge >= 0.3 is 0 Å². The first kappa shape index (κ1) is 38.1. The molecule has 12 heteroatoms. The summed E-state index contributed by atoms with van der Waals surface area (Å²) in [6.07, 6.45) is 2.08. The Morgan fingerprint density at radius 1 is 0.830 bits per heavy atom.